The van der Waals surface area contributed by atoms with Crippen LogP contribution < -0.4 is 0 Å². The van der Waals surface area contributed by atoms with Crippen LogP contribution in [0.4, 0.5) is 0 Å². The van der Waals surface area contributed by atoms with Crippen LogP contribution in [-0.2, 0) is 0 Å². The molecule has 8 heteroatoms. The highest BCUT2D eigenvalue weighted by Gasteiger charge is 2.31. The van der Waals surface area contributed by atoms with E-state index in [0.717, 1.165) is 26.2 Å². The van der Waals surface area contributed by atoms with Gasteiger partial charge in [0.2, 0.25) is 0 Å². The Morgan fingerprint density at radius 2 is 0.411 bits per heavy atom. The van der Waals surface area contributed by atoms with Gasteiger partial charge in [-0.1, -0.05) is 375 Å². The average molecular weight is 1500 g/mol. The number of hydrogen-bond acceptors (Lipinski definition) is 6. The third-order valence-corrected chi connectivity index (χ3v) is 19.9. The van der Waals surface area contributed by atoms with E-state index >= 15 is 0 Å². The SMILES string of the molecule is C.C.CCCCCCCC/C=C\CCCCCCCCN1CCN(CCO)C1CCCCCCC/C=C\CCCCCCCC.CCCCCCCCCCCCCCCCCCN1CCN(CCO)C1CCCCCCCCCCCCCCCCC.II. The van der Waals surface area contributed by atoms with Gasteiger partial charge in [0.15, 0.2) is 0 Å². The second-order valence-electron chi connectivity index (χ2n) is 27.9. The standard InChI is InChI=1S/C40H82N2O.C40H78N2O.2CH4.I2/c2*1-3-5-7-9-11-13-15-17-19-21-23-25-27-29-31-33-35-41-36-37-42(38-39-43)40(41)34-32-30-28-26-24-22-20-18-16-14-12-10-8-6-4-2;;;1-2/h40,43H,3-39H2,1-2H3;17-20,40,43H,3-16,21-39H2,1-2H3;2*1H4;/b;19-17-,20-18-;;;. The predicted molar refractivity (Wildman–Crippen MR) is 428 cm³/mol. The summed E-state index contributed by atoms with van der Waals surface area (Å²) in [6, 6.07) is 0. The van der Waals surface area contributed by atoms with Gasteiger partial charge in [-0.15, -0.1) is 0 Å². The number of β-amino-alcohol motifs (C(OH)–C–C–N with tert-alkyl or cyclic N) is 2. The van der Waals surface area contributed by atoms with E-state index in [1.807, 2.05) is 0 Å². The van der Waals surface area contributed by atoms with Crippen molar-refractivity contribution in [3.05, 3.63) is 24.3 Å². The third-order valence-electron chi connectivity index (χ3n) is 19.9. The van der Waals surface area contributed by atoms with E-state index in [4.69, 9.17) is 0 Å². The summed E-state index contributed by atoms with van der Waals surface area (Å²) in [4.78, 5) is 10.6. The number of allylic oxidation sites excluding steroid dienone is 4. The molecule has 90 heavy (non-hydrogen) atoms. The van der Waals surface area contributed by atoms with Crippen LogP contribution in [0.25, 0.3) is 0 Å². The molecular formula is C82H168I2N4O2. The zero-order valence-corrected chi connectivity index (χ0v) is 64.7. The number of hydrogen-bond donors (Lipinski definition) is 2. The fourth-order valence-electron chi connectivity index (χ4n) is 14.1. The molecule has 0 bridgehead atoms. The van der Waals surface area contributed by atoms with E-state index in [0.29, 0.717) is 25.5 Å². The van der Waals surface area contributed by atoms with Gasteiger partial charge >= 0.3 is 0 Å². The van der Waals surface area contributed by atoms with Gasteiger partial charge in [0.25, 0.3) is 0 Å². The molecule has 2 aliphatic heterocycles. The molecule has 2 N–H and O–H groups in total. The van der Waals surface area contributed by atoms with Crippen molar-refractivity contribution in [2.24, 2.45) is 0 Å². The highest BCUT2D eigenvalue weighted by Crippen LogP contribution is 2.25. The van der Waals surface area contributed by atoms with Crippen molar-refractivity contribution < 1.29 is 10.2 Å². The first-order valence-corrected chi connectivity index (χ1v) is 46.6. The van der Waals surface area contributed by atoms with Gasteiger partial charge in [-0.25, -0.2) is 0 Å². The summed E-state index contributed by atoms with van der Waals surface area (Å²) in [5.74, 6) is 0. The molecule has 2 aliphatic rings. The van der Waals surface area contributed by atoms with E-state index in [-0.39, 0.29) is 14.9 Å². The van der Waals surface area contributed by atoms with Crippen LogP contribution in [0.3, 0.4) is 0 Å². The molecular weight excluding hydrogens is 1330 g/mol. The smallest absolute Gasteiger partial charge is 0.0624 e. The summed E-state index contributed by atoms with van der Waals surface area (Å²) in [7, 11) is 0. The van der Waals surface area contributed by atoms with Gasteiger partial charge in [0.05, 0.1) is 25.5 Å². The normalized spacial score (nSPS) is 15.6. The third kappa shape index (κ3) is 64.7. The number of aliphatic hydroxyl groups excluding tert-OH is 2. The van der Waals surface area contributed by atoms with Gasteiger partial charge in [0, 0.05) is 76.5 Å². The minimum atomic E-state index is 0. The van der Waals surface area contributed by atoms with E-state index < -0.39 is 0 Å². The average Bonchev–Trinajstić information content (AvgIpc) is 2.14. The molecule has 0 aliphatic carbocycles. The topological polar surface area (TPSA) is 53.4 Å². The monoisotopic (exact) mass is 1500 g/mol. The van der Waals surface area contributed by atoms with Gasteiger partial charge in [0.1, 0.15) is 0 Å². The zero-order valence-electron chi connectivity index (χ0n) is 60.4. The maximum atomic E-state index is 9.60. The fraction of sp³-hybridized carbons (Fsp3) is 0.951. The Hall–Kier alpha value is 0.700. The van der Waals surface area contributed by atoms with Crippen molar-refractivity contribution in [3.63, 3.8) is 0 Å². The van der Waals surface area contributed by atoms with Crippen LogP contribution in [0.2, 0.25) is 0 Å². The lowest BCUT2D eigenvalue weighted by Gasteiger charge is -2.30. The highest BCUT2D eigenvalue weighted by atomic mass is 128. The molecule has 6 nitrogen and oxygen atoms in total. The predicted octanol–water partition coefficient (Wildman–Crippen LogP) is 27.5. The van der Waals surface area contributed by atoms with E-state index in [2.05, 4.69) is 109 Å². The molecule has 2 atom stereocenters. The first kappa shape index (κ1) is 94.9. The molecule has 0 aromatic heterocycles. The number of unbranched alkanes of at least 4 members (excludes halogenated alkanes) is 52. The van der Waals surface area contributed by atoms with Crippen LogP contribution in [0.1, 0.15) is 428 Å². The number of nitrogens with zero attached hydrogens (tertiary/aromatic N) is 4. The molecule has 2 unspecified atom stereocenters. The molecule has 2 saturated heterocycles. The summed E-state index contributed by atoms with van der Waals surface area (Å²) < 4.78 is 0. The second-order valence-corrected chi connectivity index (χ2v) is 27.9. The number of halogens is 2. The molecule has 2 heterocycles. The molecule has 0 aromatic carbocycles. The summed E-state index contributed by atoms with van der Waals surface area (Å²) in [5, 5.41) is 19.2. The van der Waals surface area contributed by atoms with Gasteiger partial charge in [-0.05, 0) is 90.1 Å². The first-order chi connectivity index (χ1) is 43.7. The Labute approximate surface area is 592 Å². The van der Waals surface area contributed by atoms with Crippen molar-refractivity contribution in [2.45, 2.75) is 440 Å². The minimum absolute atomic E-state index is 0. The summed E-state index contributed by atoms with van der Waals surface area (Å²) >= 11 is 4.24. The number of rotatable bonds is 68. The summed E-state index contributed by atoms with van der Waals surface area (Å²) in [6.07, 6.45) is 95.1. The van der Waals surface area contributed by atoms with E-state index in [1.165, 1.54) is 411 Å². The van der Waals surface area contributed by atoms with Crippen molar-refractivity contribution in [1.29, 1.82) is 0 Å². The van der Waals surface area contributed by atoms with Crippen LogP contribution in [0.5, 0.6) is 0 Å². The van der Waals surface area contributed by atoms with Crippen molar-refractivity contribution in [1.82, 2.24) is 19.6 Å². The molecule has 0 radical (unpaired) electrons. The maximum Gasteiger partial charge on any atom is 0.0624 e. The van der Waals surface area contributed by atoms with E-state index in [1.54, 1.807) is 0 Å². The maximum absolute atomic E-state index is 9.60. The van der Waals surface area contributed by atoms with E-state index in [9.17, 15) is 10.2 Å². The quantitative estimate of drug-likeness (QED) is 0.0360. The summed E-state index contributed by atoms with van der Waals surface area (Å²) in [6.45, 7) is 18.7. The van der Waals surface area contributed by atoms with Gasteiger partial charge < -0.3 is 10.2 Å². The molecule has 0 spiro atoms. The molecule has 542 valence electrons. The van der Waals surface area contributed by atoms with Gasteiger partial charge in [-0.2, -0.15) is 0 Å². The lowest BCUT2D eigenvalue weighted by atomic mass is 10.0. The Morgan fingerprint density at radius 1 is 0.244 bits per heavy atom. The molecule has 0 saturated carbocycles. The fourth-order valence-corrected chi connectivity index (χ4v) is 14.1. The van der Waals surface area contributed by atoms with Crippen molar-refractivity contribution >= 4 is 37.2 Å². The minimum Gasteiger partial charge on any atom is -0.395 e. The van der Waals surface area contributed by atoms with Crippen LogP contribution in [0.15, 0.2) is 24.3 Å². The van der Waals surface area contributed by atoms with Crippen LogP contribution >= 0.6 is 37.2 Å². The van der Waals surface area contributed by atoms with Crippen molar-refractivity contribution in [3.8, 4) is 0 Å². The van der Waals surface area contributed by atoms with Crippen LogP contribution in [-0.4, -0.2) is 108 Å². The largest absolute Gasteiger partial charge is 0.395 e. The Bertz CT molecular complexity index is 1340. The lowest BCUT2D eigenvalue weighted by molar-refractivity contribution is 0.103. The Balaban J connectivity index is -0.00000160. The van der Waals surface area contributed by atoms with Crippen LogP contribution in [0, 0.1) is 0 Å². The van der Waals surface area contributed by atoms with Gasteiger partial charge in [-0.3, -0.25) is 19.6 Å². The molecule has 0 aromatic rings. The summed E-state index contributed by atoms with van der Waals surface area (Å²) in [5.41, 5.74) is 0. The molecule has 0 amide bonds. The Kier molecular flexibility index (Phi) is 86.6. The Morgan fingerprint density at radius 3 is 0.611 bits per heavy atom. The highest BCUT2D eigenvalue weighted by molar-refractivity contribution is 15.0. The lowest BCUT2D eigenvalue weighted by Crippen LogP contribution is -2.40. The van der Waals surface area contributed by atoms with Crippen molar-refractivity contribution in [2.75, 3.05) is 65.6 Å². The molecule has 2 fully saturated rings. The second kappa shape index (κ2) is 82.1. The first-order valence-electron chi connectivity index (χ1n) is 40.3. The molecule has 2 rings (SSSR count). The number of aliphatic hydroxyl groups is 2. The zero-order chi connectivity index (χ0) is 63.8.